The van der Waals surface area contributed by atoms with Crippen molar-refractivity contribution in [3.05, 3.63) is 35.4 Å². The molecule has 0 bridgehead atoms. The van der Waals surface area contributed by atoms with Crippen molar-refractivity contribution >= 4 is 12.1 Å². The van der Waals surface area contributed by atoms with E-state index >= 15 is 0 Å². The molecule has 0 aliphatic rings. The van der Waals surface area contributed by atoms with Crippen LogP contribution in [-0.2, 0) is 26.0 Å². The fourth-order valence-electron chi connectivity index (χ4n) is 1.14. The van der Waals surface area contributed by atoms with Crippen LogP contribution < -0.4 is 0 Å². The summed E-state index contributed by atoms with van der Waals surface area (Å²) in [5, 5.41) is 4.00. The summed E-state index contributed by atoms with van der Waals surface area (Å²) in [7, 11) is 0. The molecule has 0 radical (unpaired) electrons. The maximum atomic E-state index is 11.4. The van der Waals surface area contributed by atoms with Crippen molar-refractivity contribution in [3.63, 3.8) is 0 Å². The van der Waals surface area contributed by atoms with Gasteiger partial charge in [0, 0.05) is 0 Å². The Bertz CT molecular complexity index is 398. The van der Waals surface area contributed by atoms with E-state index < -0.39 is 12.1 Å². The molecule has 0 amide bonds. The predicted octanol–water partition coefficient (Wildman–Crippen LogP) is 2.43. The van der Waals surface area contributed by atoms with Gasteiger partial charge >= 0.3 is 12.1 Å². The Balaban J connectivity index is 2.38. The lowest BCUT2D eigenvalue weighted by molar-refractivity contribution is -0.452. The minimum atomic E-state index is -1.08. The molecule has 0 saturated carbocycles. The van der Waals surface area contributed by atoms with E-state index in [1.807, 2.05) is 6.92 Å². The van der Waals surface area contributed by atoms with Gasteiger partial charge in [-0.1, -0.05) is 19.1 Å². The second-order valence-electron chi connectivity index (χ2n) is 3.26. The molecular weight excluding hydrogens is 240 g/mol. The van der Waals surface area contributed by atoms with Crippen LogP contribution in [0.1, 0.15) is 29.8 Å². The molecule has 0 aliphatic carbocycles. The Kier molecular flexibility index (Phi) is 5.66. The van der Waals surface area contributed by atoms with E-state index in [1.54, 1.807) is 31.2 Å². The molecule has 18 heavy (non-hydrogen) atoms. The lowest BCUT2D eigenvalue weighted by Crippen LogP contribution is -2.12. The van der Waals surface area contributed by atoms with Gasteiger partial charge in [0.05, 0.1) is 17.2 Å². The van der Waals surface area contributed by atoms with E-state index in [4.69, 9.17) is 0 Å². The molecule has 6 heteroatoms. The largest absolute Gasteiger partial charge is 0.543 e. The number of aryl methyl sites for hydroxylation is 1. The number of carbonyl (C=O) groups is 2. The van der Waals surface area contributed by atoms with E-state index in [1.165, 1.54) is 0 Å². The van der Waals surface area contributed by atoms with Crippen molar-refractivity contribution < 1.29 is 29.1 Å². The first-order chi connectivity index (χ1) is 8.67. The predicted molar refractivity (Wildman–Crippen MR) is 60.4 cm³/mol. The Morgan fingerprint density at radius 3 is 2.28 bits per heavy atom. The fourth-order valence-corrected chi connectivity index (χ4v) is 1.14. The van der Waals surface area contributed by atoms with Gasteiger partial charge in [0.1, 0.15) is 0 Å². The molecule has 0 fully saturated rings. The number of hydrogen-bond acceptors (Lipinski definition) is 6. The highest BCUT2D eigenvalue weighted by molar-refractivity contribution is 5.88. The maximum absolute atomic E-state index is 11.4. The number of ether oxygens (including phenoxy) is 1. The third-order valence-corrected chi connectivity index (χ3v) is 2.07. The zero-order chi connectivity index (χ0) is 13.4. The molecule has 0 atom stereocenters. The summed E-state index contributed by atoms with van der Waals surface area (Å²) in [4.78, 5) is 30.4. The average Bonchev–Trinajstić information content (AvgIpc) is 2.39. The summed E-state index contributed by atoms with van der Waals surface area (Å²) in [5.41, 5.74) is 1.38. The quantitative estimate of drug-likeness (QED) is 0.456. The van der Waals surface area contributed by atoms with Gasteiger partial charge in [-0.25, -0.2) is 14.5 Å². The van der Waals surface area contributed by atoms with Crippen LogP contribution in [0.25, 0.3) is 0 Å². The molecular formula is C12H14O6. The first-order valence-electron chi connectivity index (χ1n) is 5.48. The normalized spacial score (nSPS) is 9.67. The van der Waals surface area contributed by atoms with Crippen molar-refractivity contribution in [3.8, 4) is 0 Å². The molecule has 1 rings (SSSR count). The van der Waals surface area contributed by atoms with Crippen LogP contribution in [-0.4, -0.2) is 18.7 Å². The molecule has 0 aromatic heterocycles. The smallest absolute Gasteiger partial charge is 0.433 e. The first kappa shape index (κ1) is 14.0. The molecule has 1 aromatic rings. The summed E-state index contributed by atoms with van der Waals surface area (Å²) in [6, 6.07) is 6.77. The average molecular weight is 254 g/mol. The Hall–Kier alpha value is -2.08. The van der Waals surface area contributed by atoms with Crippen LogP contribution in [0, 0.1) is 0 Å². The maximum Gasteiger partial charge on any atom is 0.543 e. The van der Waals surface area contributed by atoms with Gasteiger partial charge in [-0.2, -0.15) is 0 Å². The van der Waals surface area contributed by atoms with Crippen LogP contribution in [0.2, 0.25) is 0 Å². The third kappa shape index (κ3) is 4.42. The van der Waals surface area contributed by atoms with Crippen LogP contribution >= 0.6 is 0 Å². The van der Waals surface area contributed by atoms with Gasteiger partial charge in [0.2, 0.25) is 0 Å². The van der Waals surface area contributed by atoms with E-state index in [-0.39, 0.29) is 6.61 Å². The van der Waals surface area contributed by atoms with Gasteiger partial charge in [-0.3, -0.25) is 4.89 Å². The third-order valence-electron chi connectivity index (χ3n) is 2.07. The topological polar surface area (TPSA) is 71.1 Å². The molecule has 6 nitrogen and oxygen atoms in total. The lowest BCUT2D eigenvalue weighted by Gasteiger charge is -2.02. The van der Waals surface area contributed by atoms with Crippen molar-refractivity contribution in [2.24, 2.45) is 0 Å². The van der Waals surface area contributed by atoms with Gasteiger partial charge in [-0.15, -0.1) is 0 Å². The highest BCUT2D eigenvalue weighted by atomic mass is 17.5. The summed E-state index contributed by atoms with van der Waals surface area (Å²) >= 11 is 0. The van der Waals surface area contributed by atoms with Crippen LogP contribution in [0.4, 0.5) is 4.79 Å². The van der Waals surface area contributed by atoms with Crippen molar-refractivity contribution in [1.82, 2.24) is 0 Å². The molecule has 0 spiro atoms. The summed E-state index contributed by atoms with van der Waals surface area (Å²) in [6.07, 6.45) is -0.204. The highest BCUT2D eigenvalue weighted by Gasteiger charge is 2.11. The van der Waals surface area contributed by atoms with E-state index in [0.29, 0.717) is 5.56 Å². The number of benzene rings is 1. The SMILES string of the molecule is CCOC(=O)OOOC(=O)c1ccc(CC)cc1. The number of rotatable bonds is 5. The zero-order valence-corrected chi connectivity index (χ0v) is 10.2. The second-order valence-corrected chi connectivity index (χ2v) is 3.26. The molecule has 0 saturated heterocycles. The Labute approximate surface area is 104 Å². The molecule has 0 unspecified atom stereocenters. The van der Waals surface area contributed by atoms with Crippen LogP contribution in [0.3, 0.4) is 0 Å². The summed E-state index contributed by atoms with van der Waals surface area (Å²) in [6.45, 7) is 3.74. The second kappa shape index (κ2) is 7.29. The minimum Gasteiger partial charge on any atom is -0.433 e. The first-order valence-corrected chi connectivity index (χ1v) is 5.48. The Morgan fingerprint density at radius 1 is 1.06 bits per heavy atom. The standard InChI is InChI=1S/C12H14O6/c1-3-9-5-7-10(8-6-9)11(13)16-18-17-12(14)15-4-2/h5-8H,3-4H2,1-2H3. The highest BCUT2D eigenvalue weighted by Crippen LogP contribution is 2.06. The zero-order valence-electron chi connectivity index (χ0n) is 10.2. The van der Waals surface area contributed by atoms with E-state index in [9.17, 15) is 9.59 Å². The van der Waals surface area contributed by atoms with Gasteiger partial charge < -0.3 is 4.74 Å². The number of carbonyl (C=O) groups excluding carboxylic acids is 2. The monoisotopic (exact) mass is 254 g/mol. The van der Waals surface area contributed by atoms with Gasteiger partial charge in [-0.05, 0) is 31.0 Å². The van der Waals surface area contributed by atoms with Gasteiger partial charge in [0.25, 0.3) is 0 Å². The minimum absolute atomic E-state index is 0.134. The van der Waals surface area contributed by atoms with Crippen molar-refractivity contribution in [2.75, 3.05) is 6.61 Å². The van der Waals surface area contributed by atoms with Crippen LogP contribution in [0.15, 0.2) is 24.3 Å². The van der Waals surface area contributed by atoms with Crippen molar-refractivity contribution in [1.29, 1.82) is 0 Å². The van der Waals surface area contributed by atoms with Crippen molar-refractivity contribution in [2.45, 2.75) is 20.3 Å². The van der Waals surface area contributed by atoms with E-state index in [2.05, 4.69) is 19.6 Å². The molecule has 0 aliphatic heterocycles. The van der Waals surface area contributed by atoms with Crippen LogP contribution in [0.5, 0.6) is 0 Å². The lowest BCUT2D eigenvalue weighted by atomic mass is 10.1. The fraction of sp³-hybridized carbons (Fsp3) is 0.333. The molecule has 0 heterocycles. The summed E-state index contributed by atoms with van der Waals surface area (Å²) < 4.78 is 4.38. The molecule has 1 aromatic carbocycles. The van der Waals surface area contributed by atoms with Gasteiger partial charge in [0.15, 0.2) is 0 Å². The summed E-state index contributed by atoms with van der Waals surface area (Å²) in [5.74, 6) is -0.762. The van der Waals surface area contributed by atoms with E-state index in [0.717, 1.165) is 12.0 Å². The molecule has 0 N–H and O–H groups in total. The molecule has 98 valence electrons. The number of hydrogen-bond donors (Lipinski definition) is 0. The Morgan fingerprint density at radius 2 is 1.72 bits per heavy atom.